The summed E-state index contributed by atoms with van der Waals surface area (Å²) in [4.78, 5) is 15.3. The van der Waals surface area contributed by atoms with E-state index in [1.165, 1.54) is 0 Å². The van der Waals surface area contributed by atoms with Crippen molar-refractivity contribution in [3.05, 3.63) is 65.7 Å². The van der Waals surface area contributed by atoms with Gasteiger partial charge in [0.25, 0.3) is 7.94 Å². The van der Waals surface area contributed by atoms with E-state index in [-0.39, 0.29) is 13.2 Å². The molecule has 0 saturated carbocycles. The summed E-state index contributed by atoms with van der Waals surface area (Å²) in [5.41, 5.74) is 2.58. The van der Waals surface area contributed by atoms with Crippen LogP contribution in [0.25, 0.3) is 0 Å². The Labute approximate surface area is 149 Å². The number of hydrogen-bond donors (Lipinski definition) is 1. The zero-order valence-electron chi connectivity index (χ0n) is 14.5. The fourth-order valence-electron chi connectivity index (χ4n) is 3.33. The Kier molecular flexibility index (Phi) is 5.90. The molecule has 0 radical (unpaired) electrons. The van der Waals surface area contributed by atoms with Gasteiger partial charge in [-0.2, -0.15) is 0 Å². The smallest absolute Gasteiger partial charge is 0.420 e. The molecule has 0 bridgehead atoms. The van der Waals surface area contributed by atoms with Gasteiger partial charge in [-0.05, 0) is 24.9 Å². The van der Waals surface area contributed by atoms with Crippen LogP contribution in [-0.4, -0.2) is 30.1 Å². The van der Waals surface area contributed by atoms with Crippen LogP contribution in [-0.2, 0) is 15.6 Å². The molecule has 1 N–H and O–H groups in total. The van der Waals surface area contributed by atoms with Gasteiger partial charge in [-0.1, -0.05) is 54.6 Å². The fourth-order valence-corrected chi connectivity index (χ4v) is 5.55. The van der Waals surface area contributed by atoms with E-state index in [9.17, 15) is 9.92 Å². The Hall–Kier alpha value is -1.27. The largest absolute Gasteiger partial charge is 0.630 e. The van der Waals surface area contributed by atoms with Crippen molar-refractivity contribution in [2.45, 2.75) is 26.2 Å². The van der Waals surface area contributed by atoms with Crippen molar-refractivity contribution < 1.29 is 19.0 Å². The third kappa shape index (κ3) is 3.65. The van der Waals surface area contributed by atoms with Gasteiger partial charge in [0.15, 0.2) is 5.78 Å². The van der Waals surface area contributed by atoms with Crippen LogP contribution in [0.15, 0.2) is 54.6 Å². The summed E-state index contributed by atoms with van der Waals surface area (Å²) in [6, 6.07) is 17.3. The van der Waals surface area contributed by atoms with E-state index in [4.69, 9.17) is 9.05 Å². The molecule has 2 aromatic carbocycles. The van der Waals surface area contributed by atoms with Crippen LogP contribution in [0.1, 0.15) is 30.8 Å². The minimum atomic E-state index is -3.46. The van der Waals surface area contributed by atoms with E-state index in [1.807, 2.05) is 54.6 Å². The zero-order valence-corrected chi connectivity index (χ0v) is 15.4. The zero-order chi connectivity index (χ0) is 17.9. The predicted molar refractivity (Wildman–Crippen MR) is 98.9 cm³/mol. The third-order valence-corrected chi connectivity index (χ3v) is 6.72. The van der Waals surface area contributed by atoms with Crippen LogP contribution < -0.4 is 10.4 Å². The van der Waals surface area contributed by atoms with Crippen molar-refractivity contribution >= 4 is 20.5 Å². The fraction of sp³-hybridized carbons (Fsp3) is 0.333. The number of rotatable bonds is 7. The van der Waals surface area contributed by atoms with E-state index in [1.54, 1.807) is 18.7 Å². The van der Waals surface area contributed by atoms with Crippen molar-refractivity contribution in [3.8, 4) is 0 Å². The monoisotopic (exact) mass is 359 g/mol. The topological polar surface area (TPSA) is 65.0 Å². The Morgan fingerprint density at radius 1 is 1.04 bits per heavy atom. The Bertz CT molecular complexity index is 696. The highest BCUT2D eigenvalue weighted by molar-refractivity contribution is 7.59. The first-order valence-electron chi connectivity index (χ1n) is 8.56. The second-order valence-corrected chi connectivity index (χ2v) is 7.99. The first-order chi connectivity index (χ1) is 12.1. The van der Waals surface area contributed by atoms with Crippen molar-refractivity contribution in [1.82, 2.24) is 4.81 Å². The average molecular weight is 359 g/mol. The molecule has 0 saturated heterocycles. The summed E-state index contributed by atoms with van der Waals surface area (Å²) in [6.45, 7) is 4.61. The van der Waals surface area contributed by atoms with Gasteiger partial charge >= 0.3 is 7.05 Å². The van der Waals surface area contributed by atoms with E-state index in [2.05, 4.69) is 0 Å². The highest BCUT2D eigenvalue weighted by Gasteiger charge is 2.55. The van der Waals surface area contributed by atoms with E-state index >= 15 is 0 Å². The second kappa shape index (κ2) is 7.96. The lowest BCUT2D eigenvalue weighted by Gasteiger charge is -2.37. The number of nitrogens with zero attached hydrogens (tertiary/aromatic N) is 1. The van der Waals surface area contributed by atoms with Crippen LogP contribution >= 0.6 is 7.94 Å². The van der Waals surface area contributed by atoms with Crippen molar-refractivity contribution in [1.29, 1.82) is 0 Å². The molecule has 1 heterocycles. The van der Waals surface area contributed by atoms with Gasteiger partial charge in [-0.3, -0.25) is 4.81 Å². The molecule has 1 unspecified atom stereocenters. The quantitative estimate of drug-likeness (QED) is 0.606. The first-order valence-corrected chi connectivity index (χ1v) is 10.2. The molecule has 1 aliphatic heterocycles. The summed E-state index contributed by atoms with van der Waals surface area (Å²) < 4.78 is 11.2. The highest BCUT2D eigenvalue weighted by atomic mass is 31.2. The molecule has 0 amide bonds. The Morgan fingerprint density at radius 2 is 1.64 bits per heavy atom. The van der Waals surface area contributed by atoms with Gasteiger partial charge in [-0.25, -0.2) is 9.05 Å². The lowest BCUT2D eigenvalue weighted by molar-refractivity contribution is -0.224. The molecule has 7 heteroatoms. The summed E-state index contributed by atoms with van der Waals surface area (Å²) >= 11 is 0. The average Bonchev–Trinajstić information content (AvgIpc) is 2.89. The number of fused-ring (bicyclic) bond motifs is 1. The standard InChI is InChI=1S/C18H23BNO4P/c1-3-23-25(22,24-4-2)18-16-12-8-9-13-17(16)19(21)20(18)14-15-10-6-5-7-11-15/h5-13,18,21H,3-4,14H2,1-2H3. The highest BCUT2D eigenvalue weighted by Crippen LogP contribution is 2.67. The molecule has 132 valence electrons. The summed E-state index contributed by atoms with van der Waals surface area (Å²) in [6.07, 6.45) is 0. The maximum absolute atomic E-state index is 13.5. The van der Waals surface area contributed by atoms with Crippen molar-refractivity contribution in [3.63, 3.8) is 0 Å². The van der Waals surface area contributed by atoms with Gasteiger partial charge in [0.05, 0.1) is 13.2 Å². The molecule has 0 aromatic heterocycles. The third-order valence-electron chi connectivity index (χ3n) is 4.31. The molecule has 0 spiro atoms. The molecule has 1 aliphatic rings. The van der Waals surface area contributed by atoms with Gasteiger partial charge in [0, 0.05) is 12.1 Å². The van der Waals surface area contributed by atoms with E-state index in [0.29, 0.717) is 6.54 Å². The molecule has 2 aromatic rings. The SMILES string of the molecule is CCO[P+]([O-])(OCC)C1c2ccccc2B(O)N1Cc1ccccc1. The predicted octanol–water partition coefficient (Wildman–Crippen LogP) is 2.08. The van der Waals surface area contributed by atoms with Gasteiger partial charge < -0.3 is 9.92 Å². The molecule has 0 fully saturated rings. The molecule has 25 heavy (non-hydrogen) atoms. The molecular formula is C18H23BNO4P. The summed E-state index contributed by atoms with van der Waals surface area (Å²) in [7, 11) is -4.32. The maximum Gasteiger partial charge on any atom is 0.420 e. The van der Waals surface area contributed by atoms with Crippen LogP contribution in [0.3, 0.4) is 0 Å². The summed E-state index contributed by atoms with van der Waals surface area (Å²) in [5, 5.41) is 10.9. The van der Waals surface area contributed by atoms with Gasteiger partial charge in [0.2, 0.25) is 0 Å². The van der Waals surface area contributed by atoms with Crippen LogP contribution in [0.2, 0.25) is 0 Å². The van der Waals surface area contributed by atoms with Crippen molar-refractivity contribution in [2.24, 2.45) is 0 Å². The molecule has 1 atom stereocenters. The molecule has 5 nitrogen and oxygen atoms in total. The van der Waals surface area contributed by atoms with Crippen LogP contribution in [0.4, 0.5) is 0 Å². The summed E-state index contributed by atoms with van der Waals surface area (Å²) in [5.74, 6) is -0.626. The number of hydrogen-bond acceptors (Lipinski definition) is 5. The van der Waals surface area contributed by atoms with Crippen molar-refractivity contribution in [2.75, 3.05) is 13.2 Å². The Balaban J connectivity index is 2.02. The van der Waals surface area contributed by atoms with Crippen LogP contribution in [0, 0.1) is 0 Å². The van der Waals surface area contributed by atoms with Gasteiger partial charge in [-0.15, -0.1) is 0 Å². The normalized spacial score (nSPS) is 17.8. The minimum Gasteiger partial charge on any atom is -0.630 e. The van der Waals surface area contributed by atoms with Gasteiger partial charge in [0.1, 0.15) is 0 Å². The Morgan fingerprint density at radius 3 is 2.28 bits per heavy atom. The molecule has 3 rings (SSSR count). The first kappa shape index (κ1) is 18.5. The molecule has 0 aliphatic carbocycles. The molecular weight excluding hydrogens is 336 g/mol. The van der Waals surface area contributed by atoms with E-state index < -0.39 is 20.8 Å². The second-order valence-electron chi connectivity index (χ2n) is 5.91. The number of benzene rings is 2. The van der Waals surface area contributed by atoms with E-state index in [0.717, 1.165) is 16.6 Å². The van der Waals surface area contributed by atoms with Crippen LogP contribution in [0.5, 0.6) is 0 Å². The maximum atomic E-state index is 13.5. The lowest BCUT2D eigenvalue weighted by atomic mass is 9.74. The lowest BCUT2D eigenvalue weighted by Crippen LogP contribution is -2.43. The minimum absolute atomic E-state index is 0.283.